The van der Waals surface area contributed by atoms with Crippen molar-refractivity contribution in [1.29, 1.82) is 0 Å². The second-order valence-electron chi connectivity index (χ2n) is 6.67. The lowest BCUT2D eigenvalue weighted by molar-refractivity contribution is -0.121. The summed E-state index contributed by atoms with van der Waals surface area (Å²) in [7, 11) is 0. The number of carbonyl (C=O) groups excluding carboxylic acids is 2. The minimum atomic E-state index is -0.806. The molecule has 2 aromatic rings. The molecule has 2 N–H and O–H groups in total. The maximum absolute atomic E-state index is 11.9. The van der Waals surface area contributed by atoms with Gasteiger partial charge in [0.15, 0.2) is 0 Å². The highest BCUT2D eigenvalue weighted by Crippen LogP contribution is 2.34. The van der Waals surface area contributed by atoms with Crippen LogP contribution in [-0.4, -0.2) is 32.6 Å². The number of amides is 2. The fraction of sp³-hybridized carbons (Fsp3) is 0.350. The van der Waals surface area contributed by atoms with Crippen molar-refractivity contribution in [2.45, 2.75) is 37.5 Å². The second-order valence-corrected chi connectivity index (χ2v) is 8.14. The van der Waals surface area contributed by atoms with Gasteiger partial charge in [-0.15, -0.1) is 0 Å². The van der Waals surface area contributed by atoms with Gasteiger partial charge >= 0.3 is 0 Å². The maximum Gasteiger partial charge on any atom is 0.286 e. The first-order chi connectivity index (χ1) is 12.9. The van der Waals surface area contributed by atoms with Crippen LogP contribution < -0.4 is 10.1 Å². The lowest BCUT2D eigenvalue weighted by Gasteiger charge is -2.18. The highest BCUT2D eigenvalue weighted by Gasteiger charge is 2.43. The zero-order valence-electron chi connectivity index (χ0n) is 15.3. The van der Waals surface area contributed by atoms with Crippen LogP contribution in [0.15, 0.2) is 42.6 Å². The molecule has 2 atom stereocenters. The fourth-order valence-electron chi connectivity index (χ4n) is 2.81. The monoisotopic (exact) mass is 386 g/mol. The van der Waals surface area contributed by atoms with Crippen molar-refractivity contribution < 1.29 is 19.4 Å². The number of imide groups is 1. The Morgan fingerprint density at radius 1 is 1.19 bits per heavy atom. The van der Waals surface area contributed by atoms with Gasteiger partial charge < -0.3 is 9.84 Å². The summed E-state index contributed by atoms with van der Waals surface area (Å²) in [4.78, 5) is 27.6. The molecule has 3 rings (SSSR count). The molecule has 6 nitrogen and oxygen atoms in total. The molecule has 1 unspecified atom stereocenters. The van der Waals surface area contributed by atoms with E-state index in [1.165, 1.54) is 0 Å². The Hall–Kier alpha value is -2.38. The van der Waals surface area contributed by atoms with Crippen molar-refractivity contribution >= 4 is 22.9 Å². The third-order valence-corrected chi connectivity index (χ3v) is 5.55. The molecule has 2 amide bonds. The number of thioether (sulfide) groups is 1. The molecule has 2 heterocycles. The number of aromatic nitrogens is 1. The number of aryl methyl sites for hydroxylation is 1. The number of carbonyl (C=O) groups is 2. The molecule has 0 spiro atoms. The predicted octanol–water partition coefficient (Wildman–Crippen LogP) is 3.04. The second kappa shape index (κ2) is 8.10. The highest BCUT2D eigenvalue weighted by molar-refractivity contribution is 8.16. The Kier molecular flexibility index (Phi) is 5.82. The standard InChI is InChI=1S/C20H22N2O4S/c1-3-13-6-9-16(21-11-13)17(23)12-26-15-7-4-14(5-8-15)10-20(2)18(24)22-19(25)27-20/h4-9,11,17,23H,3,10,12H2,1-2H3,(H,22,24,25)/t17?,20-/m0/s1. The van der Waals surface area contributed by atoms with Crippen LogP contribution >= 0.6 is 11.8 Å². The Bertz CT molecular complexity index is 823. The lowest BCUT2D eigenvalue weighted by atomic mass is 9.99. The third-order valence-electron chi connectivity index (χ3n) is 4.48. The molecule has 0 bridgehead atoms. The van der Waals surface area contributed by atoms with Crippen LogP contribution in [0.25, 0.3) is 0 Å². The van der Waals surface area contributed by atoms with Crippen LogP contribution in [0.4, 0.5) is 4.79 Å². The number of hydrogen-bond acceptors (Lipinski definition) is 6. The van der Waals surface area contributed by atoms with Crippen molar-refractivity contribution in [3.8, 4) is 5.75 Å². The minimum absolute atomic E-state index is 0.0995. The highest BCUT2D eigenvalue weighted by atomic mass is 32.2. The number of nitrogens with zero attached hydrogens (tertiary/aromatic N) is 1. The molecule has 1 aromatic carbocycles. The summed E-state index contributed by atoms with van der Waals surface area (Å²) in [5.74, 6) is 0.357. The van der Waals surface area contributed by atoms with Gasteiger partial charge in [-0.25, -0.2) is 0 Å². The van der Waals surface area contributed by atoms with Crippen LogP contribution in [0.3, 0.4) is 0 Å². The van der Waals surface area contributed by atoms with E-state index < -0.39 is 10.9 Å². The average molecular weight is 386 g/mol. The van der Waals surface area contributed by atoms with Crippen molar-refractivity contribution in [3.63, 3.8) is 0 Å². The van der Waals surface area contributed by atoms with Crippen LogP contribution in [-0.2, 0) is 17.6 Å². The van der Waals surface area contributed by atoms with Crippen LogP contribution in [0.1, 0.15) is 36.8 Å². The van der Waals surface area contributed by atoms with E-state index in [0.29, 0.717) is 17.9 Å². The largest absolute Gasteiger partial charge is 0.490 e. The molecule has 0 saturated carbocycles. The molecule has 0 aliphatic carbocycles. The van der Waals surface area contributed by atoms with E-state index in [1.54, 1.807) is 25.3 Å². The van der Waals surface area contributed by atoms with Gasteiger partial charge in [0.25, 0.3) is 5.24 Å². The molecule has 1 fully saturated rings. The number of pyridine rings is 1. The van der Waals surface area contributed by atoms with E-state index in [0.717, 1.165) is 29.3 Å². The molecule has 27 heavy (non-hydrogen) atoms. The summed E-state index contributed by atoms with van der Waals surface area (Å²) in [5.41, 5.74) is 2.62. The predicted molar refractivity (Wildman–Crippen MR) is 104 cm³/mol. The number of nitrogens with one attached hydrogen (secondary N) is 1. The first-order valence-electron chi connectivity index (χ1n) is 8.78. The molecule has 1 saturated heterocycles. The number of benzene rings is 1. The quantitative estimate of drug-likeness (QED) is 0.760. The molecule has 1 aliphatic heterocycles. The molecule has 1 aliphatic rings. The van der Waals surface area contributed by atoms with Gasteiger partial charge in [0.1, 0.15) is 23.2 Å². The van der Waals surface area contributed by atoms with Crippen molar-refractivity contribution in [3.05, 3.63) is 59.4 Å². The van der Waals surface area contributed by atoms with Crippen LogP contribution in [0.2, 0.25) is 0 Å². The Labute approximate surface area is 162 Å². The first kappa shape index (κ1) is 19.4. The Morgan fingerprint density at radius 2 is 1.89 bits per heavy atom. The molecular weight excluding hydrogens is 364 g/mol. The zero-order valence-corrected chi connectivity index (χ0v) is 16.1. The summed E-state index contributed by atoms with van der Waals surface area (Å²) in [6.45, 7) is 3.91. The molecular formula is C20H22N2O4S. The van der Waals surface area contributed by atoms with Gasteiger partial charge in [-0.05, 0) is 60.9 Å². The topological polar surface area (TPSA) is 88.5 Å². The Balaban J connectivity index is 1.56. The maximum atomic E-state index is 11.9. The van der Waals surface area contributed by atoms with Gasteiger partial charge in [0.2, 0.25) is 5.91 Å². The summed E-state index contributed by atoms with van der Waals surface area (Å²) < 4.78 is 4.85. The van der Waals surface area contributed by atoms with Crippen molar-refractivity contribution in [1.82, 2.24) is 10.3 Å². The van der Waals surface area contributed by atoms with Crippen LogP contribution in [0.5, 0.6) is 5.75 Å². The van der Waals surface area contributed by atoms with E-state index in [2.05, 4.69) is 17.2 Å². The van der Waals surface area contributed by atoms with E-state index in [-0.39, 0.29) is 17.8 Å². The smallest absolute Gasteiger partial charge is 0.286 e. The first-order valence-corrected chi connectivity index (χ1v) is 9.60. The average Bonchev–Trinajstić information content (AvgIpc) is 2.92. The third kappa shape index (κ3) is 4.67. The molecule has 1 aromatic heterocycles. The summed E-state index contributed by atoms with van der Waals surface area (Å²) >= 11 is 1.02. The summed E-state index contributed by atoms with van der Waals surface area (Å²) in [6.07, 6.45) is 2.31. The van der Waals surface area contributed by atoms with Crippen molar-refractivity contribution in [2.24, 2.45) is 0 Å². The van der Waals surface area contributed by atoms with Crippen molar-refractivity contribution in [2.75, 3.05) is 6.61 Å². The minimum Gasteiger partial charge on any atom is -0.490 e. The Morgan fingerprint density at radius 3 is 2.44 bits per heavy atom. The van der Waals surface area contributed by atoms with Gasteiger partial charge in [-0.3, -0.25) is 19.9 Å². The summed E-state index contributed by atoms with van der Waals surface area (Å²) in [6, 6.07) is 11.1. The molecule has 0 radical (unpaired) electrons. The van der Waals surface area contributed by atoms with E-state index in [1.807, 2.05) is 24.3 Å². The number of hydrogen-bond donors (Lipinski definition) is 2. The van der Waals surface area contributed by atoms with E-state index >= 15 is 0 Å². The fourth-order valence-corrected chi connectivity index (χ4v) is 3.75. The number of aliphatic hydroxyl groups is 1. The van der Waals surface area contributed by atoms with Gasteiger partial charge in [0, 0.05) is 6.20 Å². The number of rotatable bonds is 7. The SMILES string of the molecule is CCc1ccc(C(O)COc2ccc(C[C@]3(C)SC(=O)NC3=O)cc2)nc1. The summed E-state index contributed by atoms with van der Waals surface area (Å²) in [5, 5.41) is 12.2. The van der Waals surface area contributed by atoms with E-state index in [4.69, 9.17) is 4.74 Å². The number of ether oxygens (including phenoxy) is 1. The van der Waals surface area contributed by atoms with Gasteiger partial charge in [-0.1, -0.05) is 25.1 Å². The number of aliphatic hydroxyl groups excluding tert-OH is 1. The van der Waals surface area contributed by atoms with Crippen LogP contribution in [0, 0.1) is 0 Å². The van der Waals surface area contributed by atoms with Gasteiger partial charge in [-0.2, -0.15) is 0 Å². The molecule has 142 valence electrons. The van der Waals surface area contributed by atoms with Gasteiger partial charge in [0.05, 0.1) is 5.69 Å². The normalized spacial score (nSPS) is 20.4. The lowest BCUT2D eigenvalue weighted by Crippen LogP contribution is -2.35. The van der Waals surface area contributed by atoms with E-state index in [9.17, 15) is 14.7 Å². The molecule has 7 heteroatoms. The zero-order chi connectivity index (χ0) is 19.4.